The van der Waals surface area contributed by atoms with E-state index >= 15 is 0 Å². The lowest BCUT2D eigenvalue weighted by molar-refractivity contribution is 0.0840. The third kappa shape index (κ3) is 2.89. The molecule has 0 bridgehead atoms. The van der Waals surface area contributed by atoms with Gasteiger partial charge in [-0.1, -0.05) is 30.3 Å². The first-order valence-electron chi connectivity index (χ1n) is 6.99. The number of rotatable bonds is 3. The molecule has 1 saturated heterocycles. The third-order valence-corrected chi connectivity index (χ3v) is 3.84. The smallest absolute Gasteiger partial charge is 0.230 e. The van der Waals surface area contributed by atoms with Gasteiger partial charge >= 0.3 is 0 Å². The lowest BCUT2D eigenvalue weighted by atomic mass is 10.0. The molecule has 1 fully saturated rings. The zero-order chi connectivity index (χ0) is 13.9. The summed E-state index contributed by atoms with van der Waals surface area (Å²) in [7, 11) is 2.19. The van der Waals surface area contributed by atoms with Gasteiger partial charge in [0.1, 0.15) is 0 Å². The van der Waals surface area contributed by atoms with Crippen molar-refractivity contribution in [2.75, 3.05) is 26.7 Å². The Morgan fingerprint density at radius 2 is 2.00 bits per heavy atom. The molecule has 0 aliphatic carbocycles. The fraction of sp³-hybridized carbons (Fsp3) is 0.467. The molecule has 1 atom stereocenters. The minimum Gasteiger partial charge on any atom is -0.424 e. The highest BCUT2D eigenvalue weighted by Crippen LogP contribution is 2.24. The Balaban J connectivity index is 1.70. The minimum atomic E-state index is 0.425. The van der Waals surface area contributed by atoms with Gasteiger partial charge in [-0.15, -0.1) is 10.2 Å². The summed E-state index contributed by atoms with van der Waals surface area (Å²) in [5.41, 5.74) is 1.36. The molecule has 0 saturated carbocycles. The second kappa shape index (κ2) is 5.73. The summed E-state index contributed by atoms with van der Waals surface area (Å²) < 4.78 is 5.48. The molecule has 0 radical (unpaired) electrons. The van der Waals surface area contributed by atoms with Crippen LogP contribution in [0.5, 0.6) is 0 Å². The van der Waals surface area contributed by atoms with E-state index in [-0.39, 0.29) is 0 Å². The predicted molar refractivity (Wildman–Crippen MR) is 76.1 cm³/mol. The second-order valence-electron chi connectivity index (χ2n) is 5.36. The van der Waals surface area contributed by atoms with Crippen molar-refractivity contribution in [1.29, 1.82) is 0 Å². The number of hydrogen-bond acceptors (Lipinski definition) is 5. The van der Waals surface area contributed by atoms with Crippen LogP contribution in [0.25, 0.3) is 0 Å². The van der Waals surface area contributed by atoms with Gasteiger partial charge < -0.3 is 4.42 Å². The maximum absolute atomic E-state index is 5.48. The van der Waals surface area contributed by atoms with E-state index in [1.807, 2.05) is 6.92 Å². The summed E-state index contributed by atoms with van der Waals surface area (Å²) >= 11 is 0. The molecule has 0 amide bonds. The molecule has 0 N–H and O–H groups in total. The lowest BCUT2D eigenvalue weighted by Gasteiger charge is -2.39. The molecule has 1 aliphatic heterocycles. The molecule has 0 unspecified atom stereocenters. The first kappa shape index (κ1) is 13.3. The molecule has 106 valence electrons. The minimum absolute atomic E-state index is 0.425. The van der Waals surface area contributed by atoms with E-state index in [0.29, 0.717) is 17.8 Å². The summed E-state index contributed by atoms with van der Waals surface area (Å²) in [6.45, 7) is 5.63. The van der Waals surface area contributed by atoms with E-state index in [2.05, 4.69) is 57.4 Å². The summed E-state index contributed by atoms with van der Waals surface area (Å²) in [5.74, 6) is 1.34. The zero-order valence-electron chi connectivity index (χ0n) is 12.0. The van der Waals surface area contributed by atoms with Crippen molar-refractivity contribution in [3.05, 3.63) is 47.7 Å². The molecule has 0 spiro atoms. The van der Waals surface area contributed by atoms with Crippen LogP contribution in [0.1, 0.15) is 23.4 Å². The second-order valence-corrected chi connectivity index (χ2v) is 5.36. The van der Waals surface area contributed by atoms with Gasteiger partial charge in [-0.05, 0) is 12.6 Å². The van der Waals surface area contributed by atoms with Crippen molar-refractivity contribution in [2.45, 2.75) is 19.5 Å². The van der Waals surface area contributed by atoms with Crippen LogP contribution in [0.2, 0.25) is 0 Å². The Hall–Kier alpha value is -1.72. The lowest BCUT2D eigenvalue weighted by Crippen LogP contribution is -2.46. The van der Waals surface area contributed by atoms with Crippen LogP contribution >= 0.6 is 0 Å². The average molecular weight is 272 g/mol. The monoisotopic (exact) mass is 272 g/mol. The molecule has 1 aromatic heterocycles. The number of likely N-dealkylation sites (N-methyl/N-ethyl adjacent to an activating group) is 1. The van der Waals surface area contributed by atoms with Crippen molar-refractivity contribution in [3.63, 3.8) is 0 Å². The maximum Gasteiger partial charge on any atom is 0.230 e. The van der Waals surface area contributed by atoms with E-state index in [9.17, 15) is 0 Å². The molecule has 3 rings (SSSR count). The summed E-state index contributed by atoms with van der Waals surface area (Å²) in [4.78, 5) is 4.79. The third-order valence-electron chi connectivity index (χ3n) is 3.84. The molecular weight excluding hydrogens is 252 g/mol. The summed E-state index contributed by atoms with van der Waals surface area (Å²) in [6.07, 6.45) is 0. The maximum atomic E-state index is 5.48. The average Bonchev–Trinajstić information content (AvgIpc) is 2.87. The topological polar surface area (TPSA) is 45.4 Å². The number of hydrogen-bond donors (Lipinski definition) is 0. The highest BCUT2D eigenvalue weighted by atomic mass is 16.4. The predicted octanol–water partition coefficient (Wildman–Crippen LogP) is 1.87. The SMILES string of the molecule is Cc1nnc(CN2CCN(C)[C@@H](c3ccccc3)C2)o1. The molecule has 20 heavy (non-hydrogen) atoms. The normalized spacial score (nSPS) is 21.2. The zero-order valence-corrected chi connectivity index (χ0v) is 12.0. The van der Waals surface area contributed by atoms with Gasteiger partial charge in [-0.25, -0.2) is 0 Å². The number of aromatic nitrogens is 2. The number of benzene rings is 1. The quantitative estimate of drug-likeness (QED) is 0.853. The van der Waals surface area contributed by atoms with Gasteiger partial charge in [-0.2, -0.15) is 0 Å². The molecule has 5 nitrogen and oxygen atoms in total. The van der Waals surface area contributed by atoms with Crippen LogP contribution < -0.4 is 0 Å². The Morgan fingerprint density at radius 3 is 2.70 bits per heavy atom. The van der Waals surface area contributed by atoms with Gasteiger partial charge in [0.15, 0.2) is 0 Å². The first-order valence-corrected chi connectivity index (χ1v) is 6.99. The Kier molecular flexibility index (Phi) is 3.80. The first-order chi connectivity index (χ1) is 9.72. The Bertz CT molecular complexity index is 554. The van der Waals surface area contributed by atoms with Crippen molar-refractivity contribution < 1.29 is 4.42 Å². The Labute approximate surface area is 119 Å². The van der Waals surface area contributed by atoms with Gasteiger partial charge in [0.2, 0.25) is 11.8 Å². The van der Waals surface area contributed by atoms with E-state index in [1.165, 1.54) is 5.56 Å². The molecule has 2 aromatic rings. The molecule has 2 heterocycles. The van der Waals surface area contributed by atoms with E-state index in [0.717, 1.165) is 26.2 Å². The van der Waals surface area contributed by atoms with Gasteiger partial charge in [0.25, 0.3) is 0 Å². The van der Waals surface area contributed by atoms with Crippen molar-refractivity contribution in [3.8, 4) is 0 Å². The summed E-state index contributed by atoms with van der Waals surface area (Å²) in [5, 5.41) is 7.98. The van der Waals surface area contributed by atoms with Crippen molar-refractivity contribution >= 4 is 0 Å². The van der Waals surface area contributed by atoms with Crippen molar-refractivity contribution in [2.24, 2.45) is 0 Å². The highest BCUT2D eigenvalue weighted by molar-refractivity contribution is 5.20. The molecule has 1 aliphatic rings. The Morgan fingerprint density at radius 1 is 1.20 bits per heavy atom. The van der Waals surface area contributed by atoms with E-state index in [4.69, 9.17) is 4.42 Å². The van der Waals surface area contributed by atoms with Gasteiger partial charge in [-0.3, -0.25) is 9.80 Å². The van der Waals surface area contributed by atoms with Crippen LogP contribution in [0.3, 0.4) is 0 Å². The van der Waals surface area contributed by atoms with Crippen LogP contribution in [-0.2, 0) is 6.54 Å². The molecule has 1 aromatic carbocycles. The fourth-order valence-electron chi connectivity index (χ4n) is 2.70. The van der Waals surface area contributed by atoms with E-state index in [1.54, 1.807) is 0 Å². The highest BCUT2D eigenvalue weighted by Gasteiger charge is 2.26. The van der Waals surface area contributed by atoms with Crippen molar-refractivity contribution in [1.82, 2.24) is 20.0 Å². The standard InChI is InChI=1S/C15H20N4O/c1-12-16-17-15(20-12)11-19-9-8-18(2)14(10-19)13-6-4-3-5-7-13/h3-7,14H,8-11H2,1-2H3/t14-/m1/s1. The molecular formula is C15H20N4O. The van der Waals surface area contributed by atoms with Gasteiger partial charge in [0, 0.05) is 32.6 Å². The fourth-order valence-corrected chi connectivity index (χ4v) is 2.70. The van der Waals surface area contributed by atoms with Gasteiger partial charge in [0.05, 0.1) is 6.54 Å². The summed E-state index contributed by atoms with van der Waals surface area (Å²) in [6, 6.07) is 11.1. The van der Waals surface area contributed by atoms with Crippen LogP contribution in [0.15, 0.2) is 34.7 Å². The number of piperazine rings is 1. The molecule has 5 heteroatoms. The van der Waals surface area contributed by atoms with Crippen LogP contribution in [0.4, 0.5) is 0 Å². The number of aryl methyl sites for hydroxylation is 1. The van der Waals surface area contributed by atoms with E-state index < -0.39 is 0 Å². The van der Waals surface area contributed by atoms with Crippen LogP contribution in [-0.4, -0.2) is 46.7 Å². The van der Waals surface area contributed by atoms with Crippen LogP contribution in [0, 0.1) is 6.92 Å². The number of nitrogens with zero attached hydrogens (tertiary/aromatic N) is 4. The largest absolute Gasteiger partial charge is 0.424 e.